The Morgan fingerprint density at radius 2 is 1.97 bits per heavy atom. The van der Waals surface area contributed by atoms with Crippen molar-refractivity contribution in [3.63, 3.8) is 0 Å². The Kier molecular flexibility index (Phi) is 6.46. The van der Waals surface area contributed by atoms with E-state index in [1.165, 1.54) is 0 Å². The van der Waals surface area contributed by atoms with Gasteiger partial charge in [-0.2, -0.15) is 5.10 Å². The lowest BCUT2D eigenvalue weighted by molar-refractivity contribution is 0.0939. The molecule has 7 heteroatoms. The van der Waals surface area contributed by atoms with E-state index in [9.17, 15) is 4.79 Å². The van der Waals surface area contributed by atoms with E-state index in [4.69, 9.17) is 4.74 Å². The Bertz CT molecular complexity index is 1100. The molecule has 1 unspecified atom stereocenters. The van der Waals surface area contributed by atoms with Crippen molar-refractivity contribution in [2.45, 2.75) is 19.9 Å². The van der Waals surface area contributed by atoms with Crippen LogP contribution in [0.15, 0.2) is 48.8 Å². The molecular weight excluding hydrogens is 402 g/mol. The molecule has 1 amide bonds. The number of aromatic nitrogens is 2. The molecule has 3 aromatic rings. The van der Waals surface area contributed by atoms with Gasteiger partial charge in [0.1, 0.15) is 5.75 Å². The second-order valence-electron chi connectivity index (χ2n) is 8.29. The third-order valence-corrected chi connectivity index (χ3v) is 6.03. The first kappa shape index (κ1) is 21.9. The molecule has 4 rings (SSSR count). The summed E-state index contributed by atoms with van der Waals surface area (Å²) in [6.45, 7) is 7.80. The van der Waals surface area contributed by atoms with Gasteiger partial charge in [0.05, 0.1) is 19.3 Å². The van der Waals surface area contributed by atoms with Gasteiger partial charge < -0.3 is 20.3 Å². The summed E-state index contributed by atoms with van der Waals surface area (Å²) in [6, 6.07) is 12.0. The quantitative estimate of drug-likeness (QED) is 0.624. The van der Waals surface area contributed by atoms with Gasteiger partial charge in [0.25, 0.3) is 5.91 Å². The number of hydrogen-bond acceptors (Lipinski definition) is 5. The van der Waals surface area contributed by atoms with E-state index >= 15 is 0 Å². The van der Waals surface area contributed by atoms with Crippen LogP contribution in [0.4, 0.5) is 5.69 Å². The number of ether oxygens (including phenoxy) is 1. The highest BCUT2D eigenvalue weighted by atomic mass is 16.5. The second-order valence-corrected chi connectivity index (χ2v) is 8.29. The van der Waals surface area contributed by atoms with Crippen LogP contribution in [0.5, 0.6) is 5.75 Å². The number of rotatable bonds is 6. The number of nitrogens with one attached hydrogen (secondary N) is 2. The van der Waals surface area contributed by atoms with Crippen molar-refractivity contribution >= 4 is 11.6 Å². The third kappa shape index (κ3) is 4.62. The Hall–Kier alpha value is -3.32. The monoisotopic (exact) mass is 433 g/mol. The van der Waals surface area contributed by atoms with Crippen LogP contribution in [0, 0.1) is 6.92 Å². The lowest BCUT2D eigenvalue weighted by atomic mass is 10.00. The highest BCUT2D eigenvalue weighted by Crippen LogP contribution is 2.32. The van der Waals surface area contributed by atoms with Crippen LogP contribution < -0.4 is 20.3 Å². The Labute approximate surface area is 189 Å². The minimum Gasteiger partial charge on any atom is -0.496 e. The summed E-state index contributed by atoms with van der Waals surface area (Å²) in [6.07, 6.45) is 3.77. The summed E-state index contributed by atoms with van der Waals surface area (Å²) in [5.74, 6) is 0.713. The highest BCUT2D eigenvalue weighted by molar-refractivity contribution is 5.97. The topological polar surface area (TPSA) is 71.4 Å². The number of anilines is 1. The maximum Gasteiger partial charge on any atom is 0.252 e. The molecule has 1 aliphatic rings. The van der Waals surface area contributed by atoms with Gasteiger partial charge in [-0.05, 0) is 49.2 Å². The summed E-state index contributed by atoms with van der Waals surface area (Å²) in [5, 5.41) is 10.8. The van der Waals surface area contributed by atoms with Gasteiger partial charge >= 0.3 is 0 Å². The van der Waals surface area contributed by atoms with Gasteiger partial charge in [-0.3, -0.25) is 9.48 Å². The van der Waals surface area contributed by atoms with E-state index < -0.39 is 0 Å². The van der Waals surface area contributed by atoms with Gasteiger partial charge in [0, 0.05) is 61.8 Å². The molecule has 0 saturated carbocycles. The van der Waals surface area contributed by atoms with E-state index in [1.807, 2.05) is 57.6 Å². The number of carbonyl (C=O) groups is 1. The summed E-state index contributed by atoms with van der Waals surface area (Å²) in [4.78, 5) is 15.5. The number of nitrogens with zero attached hydrogens (tertiary/aromatic N) is 3. The highest BCUT2D eigenvalue weighted by Gasteiger charge is 2.18. The minimum atomic E-state index is -0.161. The van der Waals surface area contributed by atoms with E-state index in [2.05, 4.69) is 32.8 Å². The van der Waals surface area contributed by atoms with Gasteiger partial charge in [-0.25, -0.2) is 0 Å². The predicted molar refractivity (Wildman–Crippen MR) is 127 cm³/mol. The Morgan fingerprint density at radius 1 is 1.19 bits per heavy atom. The van der Waals surface area contributed by atoms with Crippen molar-refractivity contribution in [3.8, 4) is 16.9 Å². The van der Waals surface area contributed by atoms with E-state index in [0.717, 1.165) is 59.9 Å². The van der Waals surface area contributed by atoms with Crippen LogP contribution >= 0.6 is 0 Å². The van der Waals surface area contributed by atoms with Gasteiger partial charge in [0.15, 0.2) is 0 Å². The van der Waals surface area contributed by atoms with Crippen molar-refractivity contribution in [2.24, 2.45) is 7.05 Å². The summed E-state index contributed by atoms with van der Waals surface area (Å²) in [5.41, 5.74) is 5.72. The zero-order valence-corrected chi connectivity index (χ0v) is 19.2. The maximum absolute atomic E-state index is 13.2. The van der Waals surface area contributed by atoms with E-state index in [1.54, 1.807) is 11.8 Å². The number of aryl methyl sites for hydroxylation is 2. The van der Waals surface area contributed by atoms with Crippen LogP contribution in [0.25, 0.3) is 11.1 Å². The second kappa shape index (κ2) is 9.44. The zero-order chi connectivity index (χ0) is 22.7. The zero-order valence-electron chi connectivity index (χ0n) is 19.2. The normalized spacial score (nSPS) is 14.8. The third-order valence-electron chi connectivity index (χ3n) is 6.03. The summed E-state index contributed by atoms with van der Waals surface area (Å²) in [7, 11) is 3.55. The molecule has 2 N–H and O–H groups in total. The fourth-order valence-electron chi connectivity index (χ4n) is 4.11. The largest absolute Gasteiger partial charge is 0.496 e. The molecule has 0 bridgehead atoms. The van der Waals surface area contributed by atoms with Crippen LogP contribution in [0.2, 0.25) is 0 Å². The van der Waals surface area contributed by atoms with Crippen molar-refractivity contribution < 1.29 is 9.53 Å². The van der Waals surface area contributed by atoms with Crippen LogP contribution in [0.3, 0.4) is 0 Å². The maximum atomic E-state index is 13.2. The number of hydrogen-bond donors (Lipinski definition) is 2. The smallest absolute Gasteiger partial charge is 0.252 e. The number of amides is 1. The number of carbonyl (C=O) groups excluding carboxylic acids is 1. The molecule has 7 nitrogen and oxygen atoms in total. The summed E-state index contributed by atoms with van der Waals surface area (Å²) >= 11 is 0. The predicted octanol–water partition coefficient (Wildman–Crippen LogP) is 3.30. The SMILES string of the molecule is COc1ccc(C(C)NC(=O)c2cc(N3CCNCC3)ccc2C)cc1-c1cnn(C)c1. The minimum absolute atomic E-state index is 0.0641. The van der Waals surface area contributed by atoms with E-state index in [0.29, 0.717) is 5.56 Å². The molecule has 1 aliphatic heterocycles. The Balaban J connectivity index is 1.55. The molecule has 0 aliphatic carbocycles. The van der Waals surface area contributed by atoms with Crippen molar-refractivity contribution in [3.05, 3.63) is 65.5 Å². The van der Waals surface area contributed by atoms with Gasteiger partial charge in [0.2, 0.25) is 0 Å². The number of piperazine rings is 1. The van der Waals surface area contributed by atoms with Gasteiger partial charge in [-0.1, -0.05) is 12.1 Å². The molecule has 1 aromatic heterocycles. The first-order valence-corrected chi connectivity index (χ1v) is 11.0. The molecule has 168 valence electrons. The molecular formula is C25H31N5O2. The molecule has 0 spiro atoms. The Morgan fingerprint density at radius 3 is 2.66 bits per heavy atom. The lowest BCUT2D eigenvalue weighted by Crippen LogP contribution is -2.43. The fourth-order valence-corrected chi connectivity index (χ4v) is 4.11. The molecule has 2 aromatic carbocycles. The van der Waals surface area contributed by atoms with Crippen molar-refractivity contribution in [2.75, 3.05) is 38.2 Å². The first-order valence-electron chi connectivity index (χ1n) is 11.0. The summed E-state index contributed by atoms with van der Waals surface area (Å²) < 4.78 is 7.31. The number of methoxy groups -OCH3 is 1. The molecule has 32 heavy (non-hydrogen) atoms. The standard InChI is InChI=1S/C25H31N5O2/c1-17-5-7-21(30-11-9-26-10-12-30)14-22(17)25(31)28-18(2)19-6-8-24(32-4)23(13-19)20-15-27-29(3)16-20/h5-8,13-16,18,26H,9-12H2,1-4H3,(H,28,31). The van der Waals surface area contributed by atoms with Crippen LogP contribution in [-0.4, -0.2) is 49.0 Å². The van der Waals surface area contributed by atoms with Crippen molar-refractivity contribution in [1.29, 1.82) is 0 Å². The molecule has 1 fully saturated rings. The lowest BCUT2D eigenvalue weighted by Gasteiger charge is -2.30. The molecule has 2 heterocycles. The van der Waals surface area contributed by atoms with Crippen LogP contribution in [-0.2, 0) is 7.05 Å². The van der Waals surface area contributed by atoms with Crippen LogP contribution in [0.1, 0.15) is 34.5 Å². The molecule has 1 atom stereocenters. The molecule has 0 radical (unpaired) electrons. The first-order chi connectivity index (χ1) is 15.5. The van der Waals surface area contributed by atoms with Gasteiger partial charge in [-0.15, -0.1) is 0 Å². The number of benzene rings is 2. The average Bonchev–Trinajstić information content (AvgIpc) is 3.25. The molecule has 1 saturated heterocycles. The average molecular weight is 434 g/mol. The van der Waals surface area contributed by atoms with Crippen molar-refractivity contribution in [1.82, 2.24) is 20.4 Å². The fraction of sp³-hybridized carbons (Fsp3) is 0.360. The van der Waals surface area contributed by atoms with E-state index in [-0.39, 0.29) is 11.9 Å².